The molecule has 0 radical (unpaired) electrons. The molecule has 0 amide bonds. The SMILES string of the molecule is C=C(Cl)/N=C\C=C(/F)C1[C@H](C)NC2(CCC(C)(C)CC2)C1(CN)[C@H]1C=CC2CC1(O)C2. The van der Waals surface area contributed by atoms with Crippen molar-refractivity contribution in [2.24, 2.45) is 39.3 Å². The van der Waals surface area contributed by atoms with Crippen molar-refractivity contribution in [2.75, 3.05) is 6.54 Å². The minimum Gasteiger partial charge on any atom is -0.389 e. The molecule has 4 atom stereocenters. The first-order chi connectivity index (χ1) is 14.5. The van der Waals surface area contributed by atoms with Gasteiger partial charge >= 0.3 is 0 Å². The largest absolute Gasteiger partial charge is 0.389 e. The molecule has 1 saturated heterocycles. The molecule has 4 N–H and O–H groups in total. The van der Waals surface area contributed by atoms with Crippen LogP contribution in [0.25, 0.3) is 0 Å². The van der Waals surface area contributed by atoms with Crippen LogP contribution in [0.2, 0.25) is 0 Å². The Morgan fingerprint density at radius 1 is 1.29 bits per heavy atom. The summed E-state index contributed by atoms with van der Waals surface area (Å²) >= 11 is 5.72. The van der Waals surface area contributed by atoms with Gasteiger partial charge in [0.05, 0.1) is 5.60 Å². The molecule has 172 valence electrons. The summed E-state index contributed by atoms with van der Waals surface area (Å²) in [5.74, 6) is -0.459. The van der Waals surface area contributed by atoms with Crippen molar-refractivity contribution in [3.63, 3.8) is 0 Å². The van der Waals surface area contributed by atoms with Gasteiger partial charge in [-0.2, -0.15) is 0 Å². The highest BCUT2D eigenvalue weighted by Crippen LogP contribution is 2.66. The highest BCUT2D eigenvalue weighted by atomic mass is 35.5. The third-order valence-corrected chi connectivity index (χ3v) is 9.03. The average Bonchev–Trinajstić information content (AvgIpc) is 2.91. The van der Waals surface area contributed by atoms with E-state index in [1.54, 1.807) is 0 Å². The van der Waals surface area contributed by atoms with Crippen molar-refractivity contribution < 1.29 is 9.50 Å². The molecule has 0 aromatic heterocycles. The zero-order valence-electron chi connectivity index (χ0n) is 19.0. The molecule has 3 fully saturated rings. The van der Waals surface area contributed by atoms with Gasteiger partial charge in [0, 0.05) is 41.6 Å². The number of rotatable bonds is 5. The third-order valence-electron chi connectivity index (χ3n) is 8.93. The Balaban J connectivity index is 1.83. The minimum atomic E-state index is -0.804. The van der Waals surface area contributed by atoms with Crippen molar-refractivity contribution in [3.05, 3.63) is 35.8 Å². The highest BCUT2D eigenvalue weighted by Gasteiger charge is 2.71. The number of halogens is 2. The molecule has 5 rings (SSSR count). The van der Waals surface area contributed by atoms with Crippen LogP contribution >= 0.6 is 11.6 Å². The first kappa shape index (κ1) is 23.2. The molecular weight excluding hydrogens is 413 g/mol. The zero-order valence-corrected chi connectivity index (χ0v) is 19.8. The van der Waals surface area contributed by atoms with Gasteiger partial charge in [-0.1, -0.05) is 44.2 Å². The third kappa shape index (κ3) is 3.56. The molecule has 1 spiro atoms. The molecule has 0 aromatic rings. The van der Waals surface area contributed by atoms with E-state index in [0.717, 1.165) is 38.5 Å². The monoisotopic (exact) mass is 449 g/mol. The number of nitrogens with one attached hydrogen (secondary N) is 1. The van der Waals surface area contributed by atoms with E-state index in [2.05, 4.69) is 49.8 Å². The van der Waals surface area contributed by atoms with Crippen LogP contribution in [-0.4, -0.2) is 35.0 Å². The van der Waals surface area contributed by atoms with Gasteiger partial charge < -0.3 is 16.2 Å². The summed E-state index contributed by atoms with van der Waals surface area (Å²) in [6.07, 6.45) is 12.6. The van der Waals surface area contributed by atoms with E-state index in [-0.39, 0.29) is 33.9 Å². The topological polar surface area (TPSA) is 70.6 Å². The lowest BCUT2D eigenvalue weighted by Crippen LogP contribution is -2.68. The lowest BCUT2D eigenvalue weighted by atomic mass is 9.44. The molecule has 6 heteroatoms. The molecule has 4 aliphatic carbocycles. The van der Waals surface area contributed by atoms with Crippen LogP contribution in [0.4, 0.5) is 4.39 Å². The number of nitrogens with zero attached hydrogens (tertiary/aromatic N) is 1. The first-order valence-corrected chi connectivity index (χ1v) is 12.0. The maximum absolute atomic E-state index is 15.9. The maximum Gasteiger partial charge on any atom is 0.121 e. The van der Waals surface area contributed by atoms with Gasteiger partial charge in [-0.25, -0.2) is 9.38 Å². The quantitative estimate of drug-likeness (QED) is 0.319. The van der Waals surface area contributed by atoms with Crippen LogP contribution in [-0.2, 0) is 0 Å². The van der Waals surface area contributed by atoms with Crippen molar-refractivity contribution in [1.82, 2.24) is 5.32 Å². The standard InChI is InChI=1S/C25H37ClFN3O/c1-16-21(19(27)7-12-29-17(2)26)25(15-28,20-6-5-18-13-23(20,31)14-18)24(30-16)10-8-22(3,4)9-11-24/h5-7,12,16,18,20-21,30-31H,2,8-11,13-15,28H2,1,3-4H3/b19-7-,29-12-/t16-,18?,20-,21?,23?,25?/m0/s1. The van der Waals surface area contributed by atoms with Crippen molar-refractivity contribution in [2.45, 2.75) is 76.5 Å². The van der Waals surface area contributed by atoms with Gasteiger partial charge in [-0.3, -0.25) is 0 Å². The van der Waals surface area contributed by atoms with E-state index in [1.165, 1.54) is 12.3 Å². The summed E-state index contributed by atoms with van der Waals surface area (Å²) < 4.78 is 15.9. The minimum absolute atomic E-state index is 0.108. The Hall–Kier alpha value is -1.01. The predicted molar refractivity (Wildman–Crippen MR) is 126 cm³/mol. The Bertz CT molecular complexity index is 819. The highest BCUT2D eigenvalue weighted by molar-refractivity contribution is 6.29. The normalized spacial score (nSPS) is 43.4. The number of aliphatic imine (C=N–C) groups is 1. The molecule has 2 bridgehead atoms. The van der Waals surface area contributed by atoms with Crippen molar-refractivity contribution >= 4 is 17.8 Å². The van der Waals surface area contributed by atoms with E-state index in [0.29, 0.717) is 12.5 Å². The maximum atomic E-state index is 15.9. The first-order valence-electron chi connectivity index (χ1n) is 11.6. The molecular formula is C25H37ClFN3O. The fourth-order valence-corrected chi connectivity index (χ4v) is 7.47. The van der Waals surface area contributed by atoms with Gasteiger partial charge in [0.15, 0.2) is 0 Å². The summed E-state index contributed by atoms with van der Waals surface area (Å²) in [6, 6.07) is -0.108. The fraction of sp³-hybridized carbons (Fsp3) is 0.720. The Labute approximate surface area is 190 Å². The lowest BCUT2D eigenvalue weighted by Gasteiger charge is -2.62. The Kier molecular flexibility index (Phi) is 5.82. The number of hydrogen-bond donors (Lipinski definition) is 3. The van der Waals surface area contributed by atoms with Crippen LogP contribution in [0.5, 0.6) is 0 Å². The van der Waals surface area contributed by atoms with E-state index in [9.17, 15) is 5.11 Å². The molecule has 2 unspecified atom stereocenters. The van der Waals surface area contributed by atoms with Crippen LogP contribution in [0.15, 0.2) is 40.8 Å². The number of hydrogen-bond acceptors (Lipinski definition) is 4. The predicted octanol–water partition coefficient (Wildman–Crippen LogP) is 4.84. The smallest absolute Gasteiger partial charge is 0.121 e. The molecule has 0 aromatic carbocycles. The van der Waals surface area contributed by atoms with Crippen LogP contribution in [0.1, 0.15) is 59.3 Å². The van der Waals surface area contributed by atoms with E-state index >= 15 is 4.39 Å². The van der Waals surface area contributed by atoms with E-state index < -0.39 is 16.9 Å². The second kappa shape index (κ2) is 7.79. The second-order valence-electron chi connectivity index (χ2n) is 11.2. The van der Waals surface area contributed by atoms with Gasteiger partial charge in [0.1, 0.15) is 11.0 Å². The molecule has 2 saturated carbocycles. The summed E-state index contributed by atoms with van der Waals surface area (Å²) in [6.45, 7) is 10.5. The van der Waals surface area contributed by atoms with Crippen molar-refractivity contribution in [3.8, 4) is 0 Å². The van der Waals surface area contributed by atoms with Gasteiger partial charge in [0.25, 0.3) is 0 Å². The summed E-state index contributed by atoms with van der Waals surface area (Å²) in [7, 11) is 0. The van der Waals surface area contributed by atoms with Gasteiger partial charge in [-0.05, 0) is 62.9 Å². The molecule has 31 heavy (non-hydrogen) atoms. The molecule has 1 aliphatic heterocycles. The summed E-state index contributed by atoms with van der Waals surface area (Å²) in [5, 5.41) is 15.5. The lowest BCUT2D eigenvalue weighted by molar-refractivity contribution is -0.161. The van der Waals surface area contributed by atoms with Crippen LogP contribution in [0.3, 0.4) is 0 Å². The second-order valence-corrected chi connectivity index (χ2v) is 11.7. The molecule has 4 nitrogen and oxygen atoms in total. The Morgan fingerprint density at radius 3 is 2.48 bits per heavy atom. The van der Waals surface area contributed by atoms with Crippen molar-refractivity contribution in [1.29, 1.82) is 0 Å². The van der Waals surface area contributed by atoms with Crippen LogP contribution < -0.4 is 11.1 Å². The summed E-state index contributed by atoms with van der Waals surface area (Å²) in [4.78, 5) is 3.92. The van der Waals surface area contributed by atoms with Gasteiger partial charge in [-0.15, -0.1) is 0 Å². The molecule has 1 heterocycles. The number of aliphatic hydroxyl groups is 1. The summed E-state index contributed by atoms with van der Waals surface area (Å²) in [5.41, 5.74) is 5.16. The van der Waals surface area contributed by atoms with Gasteiger partial charge in [0.2, 0.25) is 0 Å². The average molecular weight is 450 g/mol. The van der Waals surface area contributed by atoms with Crippen LogP contribution in [0, 0.1) is 28.6 Å². The Morgan fingerprint density at radius 2 is 1.94 bits per heavy atom. The molecule has 5 aliphatic rings. The fourth-order valence-electron chi connectivity index (χ4n) is 7.42. The van der Waals surface area contributed by atoms with E-state index in [4.69, 9.17) is 17.3 Å². The number of fused-ring (bicyclic) bond motifs is 1. The number of allylic oxidation sites excluding steroid dienone is 2. The zero-order chi connectivity index (χ0) is 22.7. The number of nitrogens with two attached hydrogens (primary N) is 1. The van der Waals surface area contributed by atoms with E-state index in [1.807, 2.05) is 0 Å².